The van der Waals surface area contributed by atoms with Crippen LogP contribution in [0.1, 0.15) is 0 Å². The SMILES string of the molecule is Oc1cccc2cc(Nc3nc(Cl)nc(Nc4ccc5c(O)cccc5c4)n3)ccc12. The second kappa shape index (κ2) is 7.62. The first-order chi connectivity index (χ1) is 15.0. The summed E-state index contributed by atoms with van der Waals surface area (Å²) in [7, 11) is 0. The first-order valence-corrected chi connectivity index (χ1v) is 9.82. The molecule has 0 saturated carbocycles. The van der Waals surface area contributed by atoms with E-state index in [1.165, 1.54) is 0 Å². The molecule has 4 aromatic carbocycles. The quantitative estimate of drug-likeness (QED) is 0.289. The van der Waals surface area contributed by atoms with Crippen molar-refractivity contribution in [1.82, 2.24) is 15.0 Å². The van der Waals surface area contributed by atoms with Gasteiger partial charge in [-0.05, 0) is 70.9 Å². The van der Waals surface area contributed by atoms with Crippen LogP contribution < -0.4 is 10.6 Å². The number of anilines is 4. The van der Waals surface area contributed by atoms with E-state index in [-0.39, 0.29) is 28.7 Å². The Morgan fingerprint density at radius 3 is 1.58 bits per heavy atom. The highest BCUT2D eigenvalue weighted by Gasteiger charge is 2.08. The summed E-state index contributed by atoms with van der Waals surface area (Å²) >= 11 is 6.11. The van der Waals surface area contributed by atoms with Gasteiger partial charge in [0.2, 0.25) is 17.2 Å². The van der Waals surface area contributed by atoms with Gasteiger partial charge in [-0.2, -0.15) is 15.0 Å². The van der Waals surface area contributed by atoms with Gasteiger partial charge < -0.3 is 20.8 Å². The smallest absolute Gasteiger partial charge is 0.233 e. The molecule has 31 heavy (non-hydrogen) atoms. The highest BCUT2D eigenvalue weighted by molar-refractivity contribution is 6.28. The summed E-state index contributed by atoms with van der Waals surface area (Å²) in [6.07, 6.45) is 0. The number of benzene rings is 4. The molecule has 152 valence electrons. The second-order valence-corrected chi connectivity index (χ2v) is 7.27. The maximum Gasteiger partial charge on any atom is 0.233 e. The molecule has 0 aliphatic carbocycles. The minimum atomic E-state index is 0.0388. The van der Waals surface area contributed by atoms with E-state index in [2.05, 4.69) is 25.6 Å². The van der Waals surface area contributed by atoms with E-state index in [0.29, 0.717) is 0 Å². The third-order valence-corrected chi connectivity index (χ3v) is 5.00. The Morgan fingerprint density at radius 2 is 1.10 bits per heavy atom. The molecule has 1 heterocycles. The Morgan fingerprint density at radius 1 is 0.613 bits per heavy atom. The van der Waals surface area contributed by atoms with Crippen LogP contribution in [0.25, 0.3) is 21.5 Å². The summed E-state index contributed by atoms with van der Waals surface area (Å²) in [4.78, 5) is 12.7. The van der Waals surface area contributed by atoms with E-state index in [0.717, 1.165) is 32.9 Å². The van der Waals surface area contributed by atoms with Crippen molar-refractivity contribution in [2.24, 2.45) is 0 Å². The maximum atomic E-state index is 9.95. The molecule has 8 heteroatoms. The number of rotatable bonds is 4. The zero-order chi connectivity index (χ0) is 21.4. The molecule has 0 atom stereocenters. The van der Waals surface area contributed by atoms with Gasteiger partial charge in [-0.25, -0.2) is 0 Å². The maximum absolute atomic E-state index is 9.95. The van der Waals surface area contributed by atoms with Gasteiger partial charge in [-0.1, -0.05) is 24.3 Å². The van der Waals surface area contributed by atoms with Gasteiger partial charge >= 0.3 is 0 Å². The molecule has 7 nitrogen and oxygen atoms in total. The summed E-state index contributed by atoms with van der Waals surface area (Å²) in [5.41, 5.74) is 1.49. The summed E-state index contributed by atoms with van der Waals surface area (Å²) in [6.45, 7) is 0. The van der Waals surface area contributed by atoms with Crippen LogP contribution in [-0.4, -0.2) is 25.2 Å². The number of fused-ring (bicyclic) bond motifs is 2. The number of hydrogen-bond acceptors (Lipinski definition) is 7. The molecule has 0 unspecified atom stereocenters. The molecule has 0 radical (unpaired) electrons. The Bertz CT molecular complexity index is 1340. The van der Waals surface area contributed by atoms with Crippen molar-refractivity contribution in [2.45, 2.75) is 0 Å². The van der Waals surface area contributed by atoms with Gasteiger partial charge in [0, 0.05) is 22.1 Å². The number of nitrogens with one attached hydrogen (secondary N) is 2. The fourth-order valence-electron chi connectivity index (χ4n) is 3.41. The first kappa shape index (κ1) is 18.9. The van der Waals surface area contributed by atoms with Crippen LogP contribution in [0.2, 0.25) is 5.28 Å². The van der Waals surface area contributed by atoms with Gasteiger partial charge in [0.15, 0.2) is 0 Å². The lowest BCUT2D eigenvalue weighted by atomic mass is 10.1. The van der Waals surface area contributed by atoms with Crippen molar-refractivity contribution >= 4 is 56.4 Å². The van der Waals surface area contributed by atoms with Gasteiger partial charge in [-0.15, -0.1) is 0 Å². The number of phenolic OH excluding ortho intramolecular Hbond substituents is 2. The third-order valence-electron chi connectivity index (χ3n) is 4.84. The highest BCUT2D eigenvalue weighted by Crippen LogP contribution is 2.29. The highest BCUT2D eigenvalue weighted by atomic mass is 35.5. The number of nitrogens with zero attached hydrogens (tertiary/aromatic N) is 3. The third kappa shape index (κ3) is 3.86. The van der Waals surface area contributed by atoms with E-state index in [9.17, 15) is 10.2 Å². The Hall–Kier alpha value is -4.10. The molecule has 0 fully saturated rings. The van der Waals surface area contributed by atoms with Crippen molar-refractivity contribution in [1.29, 1.82) is 0 Å². The van der Waals surface area contributed by atoms with Gasteiger partial charge in [0.1, 0.15) is 11.5 Å². The Kier molecular flexibility index (Phi) is 4.65. The zero-order valence-corrected chi connectivity index (χ0v) is 16.8. The monoisotopic (exact) mass is 429 g/mol. The number of phenols is 2. The van der Waals surface area contributed by atoms with Crippen molar-refractivity contribution in [3.8, 4) is 11.5 Å². The number of aromatic nitrogens is 3. The molecular weight excluding hydrogens is 414 g/mol. The van der Waals surface area contributed by atoms with Gasteiger partial charge in [0.25, 0.3) is 0 Å². The zero-order valence-electron chi connectivity index (χ0n) is 16.0. The predicted molar refractivity (Wildman–Crippen MR) is 123 cm³/mol. The van der Waals surface area contributed by atoms with Gasteiger partial charge in [0.05, 0.1) is 0 Å². The Balaban J connectivity index is 1.43. The number of hydrogen-bond donors (Lipinski definition) is 4. The summed E-state index contributed by atoms with van der Waals surface area (Å²) in [6, 6.07) is 21.7. The van der Waals surface area contributed by atoms with E-state index in [1.54, 1.807) is 24.3 Å². The average molecular weight is 430 g/mol. The molecule has 4 N–H and O–H groups in total. The summed E-state index contributed by atoms with van der Waals surface area (Å²) < 4.78 is 0. The van der Waals surface area contributed by atoms with Crippen molar-refractivity contribution in [3.05, 3.63) is 78.1 Å². The van der Waals surface area contributed by atoms with Crippen LogP contribution in [0.3, 0.4) is 0 Å². The van der Waals surface area contributed by atoms with Crippen LogP contribution in [0.5, 0.6) is 11.5 Å². The van der Waals surface area contributed by atoms with Gasteiger partial charge in [-0.3, -0.25) is 0 Å². The minimum Gasteiger partial charge on any atom is -0.507 e. The van der Waals surface area contributed by atoms with E-state index in [4.69, 9.17) is 11.6 Å². The molecule has 5 rings (SSSR count). The fraction of sp³-hybridized carbons (Fsp3) is 0. The lowest BCUT2D eigenvalue weighted by Crippen LogP contribution is -2.04. The molecule has 0 aliphatic rings. The van der Waals surface area contributed by atoms with Crippen LogP contribution in [-0.2, 0) is 0 Å². The van der Waals surface area contributed by atoms with Crippen LogP contribution >= 0.6 is 11.6 Å². The van der Waals surface area contributed by atoms with Crippen LogP contribution in [0, 0.1) is 0 Å². The molecular formula is C23H16ClN5O2. The van der Waals surface area contributed by atoms with Crippen LogP contribution in [0.4, 0.5) is 23.3 Å². The fourth-order valence-corrected chi connectivity index (χ4v) is 3.57. The lowest BCUT2D eigenvalue weighted by molar-refractivity contribution is 0.481. The molecule has 0 spiro atoms. The molecule has 0 bridgehead atoms. The molecule has 1 aromatic heterocycles. The van der Waals surface area contributed by atoms with Crippen molar-refractivity contribution < 1.29 is 10.2 Å². The standard InChI is InChI=1S/C23H16ClN5O2/c24-21-27-22(25-15-7-9-17-13(11-15)3-1-5-19(17)30)29-23(28-21)26-16-8-10-18-14(12-16)4-2-6-20(18)31/h1-12,30-31H,(H2,25,26,27,28,29). The summed E-state index contributed by atoms with van der Waals surface area (Å²) in [5, 5.41) is 29.4. The van der Waals surface area contributed by atoms with Crippen molar-refractivity contribution in [3.63, 3.8) is 0 Å². The normalized spacial score (nSPS) is 11.0. The number of aromatic hydroxyl groups is 2. The van der Waals surface area contributed by atoms with Crippen molar-refractivity contribution in [2.75, 3.05) is 10.6 Å². The topological polar surface area (TPSA) is 103 Å². The molecule has 0 amide bonds. The van der Waals surface area contributed by atoms with E-state index >= 15 is 0 Å². The Labute approximate surface area is 182 Å². The lowest BCUT2D eigenvalue weighted by Gasteiger charge is -2.10. The van der Waals surface area contributed by atoms with E-state index < -0.39 is 0 Å². The largest absolute Gasteiger partial charge is 0.507 e. The van der Waals surface area contributed by atoms with E-state index in [1.807, 2.05) is 48.5 Å². The molecule has 5 aromatic rings. The first-order valence-electron chi connectivity index (χ1n) is 9.44. The summed E-state index contributed by atoms with van der Waals surface area (Å²) in [5.74, 6) is 1.01. The second-order valence-electron chi connectivity index (χ2n) is 6.93. The predicted octanol–water partition coefficient (Wildman–Crippen LogP) is 5.73. The molecule has 0 saturated heterocycles. The number of halogens is 1. The van der Waals surface area contributed by atoms with Crippen LogP contribution in [0.15, 0.2) is 72.8 Å². The molecule has 0 aliphatic heterocycles. The minimum absolute atomic E-state index is 0.0388. The average Bonchev–Trinajstić information content (AvgIpc) is 2.73.